The maximum atomic E-state index is 12.9. The number of nitrogens with one attached hydrogen (secondary N) is 1. The normalized spacial score (nSPS) is 12.2. The van der Waals surface area contributed by atoms with Gasteiger partial charge < -0.3 is 14.6 Å². The first-order chi connectivity index (χ1) is 20.0. The number of allylic oxidation sites excluding steroid dienone is 5. The first-order valence-corrected chi connectivity index (χ1v) is 15.8. The standard InChI is InChI=1S/C16H29FN2O.C11H16N2O.C5H12.2C2H6/c1-7-10-19(11-14(3)18-15(4)20)12-16(5,6)9-8-13(2)17;1-3-4-5-6-11-9-12-10-13(11)7-8-14-2;1-5(2,3)4;2*1-2/h7-8,14H,1,9-12H2,2-6H3,(H,18,20);3-6,9-10H,7-8H2,1-2H3;1-4H3;2*1-2H3/b13-8+;4-3-,6-5-;;;/t14-;;;;/m0..../s1. The first kappa shape index (κ1) is 47.4. The third-order valence-corrected chi connectivity index (χ3v) is 4.81. The third-order valence-electron chi connectivity index (χ3n) is 4.81. The van der Waals surface area contributed by atoms with Crippen LogP contribution in [0.2, 0.25) is 0 Å². The average molecular weight is 609 g/mol. The third kappa shape index (κ3) is 37.5. The van der Waals surface area contributed by atoms with E-state index in [0.29, 0.717) is 18.4 Å². The van der Waals surface area contributed by atoms with E-state index in [1.54, 1.807) is 13.2 Å². The maximum absolute atomic E-state index is 12.9. The van der Waals surface area contributed by atoms with E-state index in [0.717, 1.165) is 31.9 Å². The van der Waals surface area contributed by atoms with Crippen LogP contribution in [0.3, 0.4) is 0 Å². The molecule has 0 aliphatic heterocycles. The molecule has 1 rings (SSSR count). The summed E-state index contributed by atoms with van der Waals surface area (Å²) in [4.78, 5) is 17.4. The maximum Gasteiger partial charge on any atom is 0.217 e. The van der Waals surface area contributed by atoms with Gasteiger partial charge in [-0.25, -0.2) is 9.37 Å². The number of carbonyl (C=O) groups is 1. The molecule has 0 spiro atoms. The van der Waals surface area contributed by atoms with Crippen molar-refractivity contribution in [3.63, 3.8) is 0 Å². The topological polar surface area (TPSA) is 59.4 Å². The van der Waals surface area contributed by atoms with Crippen molar-refractivity contribution >= 4 is 12.0 Å². The fraction of sp³-hybridized carbons (Fsp3) is 0.667. The number of aromatic nitrogens is 2. The Morgan fingerprint density at radius 1 is 1.14 bits per heavy atom. The summed E-state index contributed by atoms with van der Waals surface area (Å²) in [5, 5.41) is 2.88. The van der Waals surface area contributed by atoms with Crippen molar-refractivity contribution < 1.29 is 13.9 Å². The van der Waals surface area contributed by atoms with Crippen molar-refractivity contribution in [2.45, 2.75) is 116 Å². The lowest BCUT2D eigenvalue weighted by Gasteiger charge is -2.33. The van der Waals surface area contributed by atoms with Crippen LogP contribution in [0.25, 0.3) is 6.08 Å². The summed E-state index contributed by atoms with van der Waals surface area (Å²) in [6.45, 7) is 35.6. The Morgan fingerprint density at radius 3 is 2.14 bits per heavy atom. The fourth-order valence-corrected chi connectivity index (χ4v) is 3.36. The fourth-order valence-electron chi connectivity index (χ4n) is 3.36. The van der Waals surface area contributed by atoms with Crippen LogP contribution in [-0.2, 0) is 16.1 Å². The lowest BCUT2D eigenvalue weighted by Crippen LogP contribution is -2.44. The minimum atomic E-state index is -0.139. The molecular formula is C36H69FN4O2. The Labute approximate surface area is 266 Å². The SMILES string of the molecule is C/C=C\C=C/c1cncn1CCOC.C=CCN(C[C@H](C)NC(C)=O)CC(C)(C)C/C=C(\C)F.CC.CC.CC(C)(C)C. The van der Waals surface area contributed by atoms with Gasteiger partial charge in [0.2, 0.25) is 5.91 Å². The summed E-state index contributed by atoms with van der Waals surface area (Å²) in [5.41, 5.74) is 1.58. The van der Waals surface area contributed by atoms with Gasteiger partial charge in [0.1, 0.15) is 0 Å². The van der Waals surface area contributed by atoms with Crippen molar-refractivity contribution in [1.29, 1.82) is 0 Å². The quantitative estimate of drug-likeness (QED) is 0.169. The number of hydrogen-bond donors (Lipinski definition) is 1. The average Bonchev–Trinajstić information content (AvgIpc) is 3.35. The van der Waals surface area contributed by atoms with Crippen LogP contribution in [0, 0.1) is 10.8 Å². The number of imidazole rings is 1. The number of ether oxygens (including phenoxy) is 1. The van der Waals surface area contributed by atoms with E-state index < -0.39 is 0 Å². The molecule has 1 aromatic rings. The summed E-state index contributed by atoms with van der Waals surface area (Å²) in [5.74, 6) is -0.161. The molecule has 43 heavy (non-hydrogen) atoms. The van der Waals surface area contributed by atoms with Gasteiger partial charge in [0.15, 0.2) is 0 Å². The van der Waals surface area contributed by atoms with Crippen LogP contribution in [0.1, 0.15) is 109 Å². The predicted molar refractivity (Wildman–Crippen MR) is 189 cm³/mol. The highest BCUT2D eigenvalue weighted by Gasteiger charge is 2.21. The van der Waals surface area contributed by atoms with E-state index in [1.165, 1.54) is 13.8 Å². The van der Waals surface area contributed by atoms with Gasteiger partial charge in [-0.3, -0.25) is 9.69 Å². The summed E-state index contributed by atoms with van der Waals surface area (Å²) in [6, 6.07) is 0.0849. The Bertz CT molecular complexity index is 870. The molecule has 0 saturated carbocycles. The largest absolute Gasteiger partial charge is 0.383 e. The molecule has 1 N–H and O–H groups in total. The molecule has 1 heterocycles. The predicted octanol–water partition coefficient (Wildman–Crippen LogP) is 9.51. The summed E-state index contributed by atoms with van der Waals surface area (Å²) in [7, 11) is 1.70. The summed E-state index contributed by atoms with van der Waals surface area (Å²) >= 11 is 0. The molecule has 1 amide bonds. The van der Waals surface area contributed by atoms with E-state index in [-0.39, 0.29) is 23.2 Å². The monoisotopic (exact) mass is 609 g/mol. The minimum absolute atomic E-state index is 0.0215. The van der Waals surface area contributed by atoms with Gasteiger partial charge in [-0.2, -0.15) is 0 Å². The molecule has 0 aromatic carbocycles. The minimum Gasteiger partial charge on any atom is -0.383 e. The highest BCUT2D eigenvalue weighted by atomic mass is 19.1. The highest BCUT2D eigenvalue weighted by Crippen LogP contribution is 2.23. The van der Waals surface area contributed by atoms with Gasteiger partial charge in [-0.05, 0) is 44.1 Å². The van der Waals surface area contributed by atoms with E-state index in [2.05, 4.69) is 67.9 Å². The molecule has 0 saturated heterocycles. The Hall–Kier alpha value is -2.51. The van der Waals surface area contributed by atoms with E-state index in [4.69, 9.17) is 4.74 Å². The van der Waals surface area contributed by atoms with Crippen molar-refractivity contribution in [3.8, 4) is 0 Å². The van der Waals surface area contributed by atoms with Gasteiger partial charge in [0, 0.05) is 46.3 Å². The second-order valence-electron chi connectivity index (χ2n) is 12.1. The van der Waals surface area contributed by atoms with Gasteiger partial charge in [-0.15, -0.1) is 6.58 Å². The Balaban J connectivity index is -0.000000285. The van der Waals surface area contributed by atoms with E-state index >= 15 is 0 Å². The molecule has 0 unspecified atom stereocenters. The number of hydrogen-bond acceptors (Lipinski definition) is 4. The smallest absolute Gasteiger partial charge is 0.217 e. The molecule has 1 aromatic heterocycles. The molecule has 1 atom stereocenters. The highest BCUT2D eigenvalue weighted by molar-refractivity contribution is 5.73. The van der Waals surface area contributed by atoms with Gasteiger partial charge in [0.25, 0.3) is 0 Å². The first-order valence-electron chi connectivity index (χ1n) is 15.8. The van der Waals surface area contributed by atoms with Gasteiger partial charge >= 0.3 is 0 Å². The van der Waals surface area contributed by atoms with Crippen molar-refractivity contribution in [2.75, 3.05) is 33.4 Å². The van der Waals surface area contributed by atoms with Crippen LogP contribution in [0.15, 0.2) is 55.3 Å². The number of nitrogens with zero attached hydrogens (tertiary/aromatic N) is 3. The molecule has 0 bridgehead atoms. The van der Waals surface area contributed by atoms with Crippen molar-refractivity contribution in [2.24, 2.45) is 10.8 Å². The van der Waals surface area contributed by atoms with E-state index in [9.17, 15) is 9.18 Å². The van der Waals surface area contributed by atoms with Crippen LogP contribution in [0.4, 0.5) is 4.39 Å². The van der Waals surface area contributed by atoms with Gasteiger partial charge in [0.05, 0.1) is 30.7 Å². The van der Waals surface area contributed by atoms with Crippen LogP contribution >= 0.6 is 0 Å². The number of halogens is 1. The lowest BCUT2D eigenvalue weighted by atomic mass is 9.88. The zero-order valence-corrected chi connectivity index (χ0v) is 30.7. The molecule has 6 nitrogen and oxygen atoms in total. The molecule has 0 aliphatic carbocycles. The number of methoxy groups -OCH3 is 1. The van der Waals surface area contributed by atoms with Gasteiger partial charge in [-0.1, -0.05) is 99.6 Å². The summed E-state index contributed by atoms with van der Waals surface area (Å²) < 4.78 is 19.9. The number of rotatable bonds is 14. The van der Waals surface area contributed by atoms with Crippen LogP contribution in [-0.4, -0.2) is 59.8 Å². The zero-order chi connectivity index (χ0) is 34.5. The number of carbonyl (C=O) groups excluding carboxylic acids is 1. The Morgan fingerprint density at radius 2 is 1.70 bits per heavy atom. The molecule has 0 aliphatic rings. The van der Waals surface area contributed by atoms with Crippen molar-refractivity contribution in [1.82, 2.24) is 19.8 Å². The molecule has 0 radical (unpaired) electrons. The van der Waals surface area contributed by atoms with Crippen LogP contribution in [0.5, 0.6) is 0 Å². The molecular weight excluding hydrogens is 539 g/mol. The molecule has 7 heteroatoms. The van der Waals surface area contributed by atoms with Crippen LogP contribution < -0.4 is 5.32 Å². The van der Waals surface area contributed by atoms with Crippen molar-refractivity contribution in [3.05, 3.63) is 61.0 Å². The Kier molecular flexibility index (Phi) is 32.6. The summed E-state index contributed by atoms with van der Waals surface area (Å²) in [6.07, 6.45) is 15.8. The molecule has 252 valence electrons. The second kappa shape index (κ2) is 29.6. The second-order valence-corrected chi connectivity index (χ2v) is 12.1. The zero-order valence-electron chi connectivity index (χ0n) is 30.7. The lowest BCUT2D eigenvalue weighted by molar-refractivity contribution is -0.119. The van der Waals surface area contributed by atoms with E-state index in [1.807, 2.05) is 84.4 Å². The number of amides is 1. The molecule has 0 fully saturated rings.